The van der Waals surface area contributed by atoms with E-state index in [0.717, 1.165) is 30.6 Å². The van der Waals surface area contributed by atoms with Crippen LogP contribution in [0, 0.1) is 5.82 Å². The van der Waals surface area contributed by atoms with Crippen LogP contribution >= 0.6 is 12.4 Å². The molecule has 1 unspecified atom stereocenters. The van der Waals surface area contributed by atoms with Crippen LogP contribution in [0.3, 0.4) is 0 Å². The maximum absolute atomic E-state index is 13.4. The Hall–Kier alpha value is -2.11. The summed E-state index contributed by atoms with van der Waals surface area (Å²) in [5.41, 5.74) is 8.07. The molecule has 4 nitrogen and oxygen atoms in total. The number of carbonyl (C=O) groups is 1. The second kappa shape index (κ2) is 8.83. The van der Waals surface area contributed by atoms with E-state index >= 15 is 0 Å². The molecule has 1 fully saturated rings. The normalized spacial score (nSPS) is 16.9. The molecule has 0 radical (unpaired) electrons. The Morgan fingerprint density at radius 1 is 1.24 bits per heavy atom. The lowest BCUT2D eigenvalue weighted by Gasteiger charge is -2.34. The minimum Gasteiger partial charge on any atom is -0.369 e. The van der Waals surface area contributed by atoms with Crippen molar-refractivity contribution >= 4 is 24.0 Å². The van der Waals surface area contributed by atoms with Crippen molar-refractivity contribution in [3.63, 3.8) is 0 Å². The first-order valence-corrected chi connectivity index (χ1v) is 8.26. The number of amides is 1. The minimum atomic E-state index is -0.237. The van der Waals surface area contributed by atoms with Crippen molar-refractivity contribution in [3.05, 3.63) is 65.5 Å². The summed E-state index contributed by atoms with van der Waals surface area (Å²) in [5, 5.41) is 3.08. The Morgan fingerprint density at radius 2 is 2.00 bits per heavy atom. The van der Waals surface area contributed by atoms with Gasteiger partial charge in [-0.05, 0) is 48.7 Å². The van der Waals surface area contributed by atoms with E-state index in [1.165, 1.54) is 12.1 Å². The van der Waals surface area contributed by atoms with E-state index in [0.29, 0.717) is 18.7 Å². The first kappa shape index (κ1) is 19.2. The minimum absolute atomic E-state index is 0. The third kappa shape index (κ3) is 4.94. The maximum Gasteiger partial charge on any atom is 0.251 e. The van der Waals surface area contributed by atoms with Gasteiger partial charge < -0.3 is 16.0 Å². The standard InChI is InChI=1S/C19H22FN3O.ClH/c20-16-3-1-5-18(11-16)23-10-2-4-17(13-23)22-19(24)15-8-6-14(12-21)7-9-15;/h1,3,5-9,11,17H,2,4,10,12-13,21H2,(H,22,24);1H. The molecule has 134 valence electrons. The number of hydrogen-bond acceptors (Lipinski definition) is 3. The topological polar surface area (TPSA) is 58.4 Å². The molecule has 0 aromatic heterocycles. The molecule has 1 saturated heterocycles. The van der Waals surface area contributed by atoms with Gasteiger partial charge in [0.25, 0.3) is 5.91 Å². The molecule has 1 amide bonds. The van der Waals surface area contributed by atoms with E-state index in [-0.39, 0.29) is 30.2 Å². The highest BCUT2D eigenvalue weighted by Crippen LogP contribution is 2.21. The van der Waals surface area contributed by atoms with Gasteiger partial charge in [-0.2, -0.15) is 0 Å². The summed E-state index contributed by atoms with van der Waals surface area (Å²) in [6.45, 7) is 2.03. The highest BCUT2D eigenvalue weighted by Gasteiger charge is 2.22. The van der Waals surface area contributed by atoms with Gasteiger partial charge in [0, 0.05) is 36.9 Å². The van der Waals surface area contributed by atoms with Crippen LogP contribution in [0.15, 0.2) is 48.5 Å². The number of piperidine rings is 1. The third-order valence-corrected chi connectivity index (χ3v) is 4.38. The highest BCUT2D eigenvalue weighted by atomic mass is 35.5. The lowest BCUT2D eigenvalue weighted by atomic mass is 10.0. The first-order valence-electron chi connectivity index (χ1n) is 8.26. The molecule has 0 spiro atoms. The first-order chi connectivity index (χ1) is 11.7. The van der Waals surface area contributed by atoms with Gasteiger partial charge in [-0.3, -0.25) is 4.79 Å². The van der Waals surface area contributed by atoms with Gasteiger partial charge in [0.05, 0.1) is 0 Å². The molecule has 25 heavy (non-hydrogen) atoms. The van der Waals surface area contributed by atoms with Crippen molar-refractivity contribution in [2.75, 3.05) is 18.0 Å². The summed E-state index contributed by atoms with van der Waals surface area (Å²) in [5.74, 6) is -0.316. The fourth-order valence-electron chi connectivity index (χ4n) is 3.06. The van der Waals surface area contributed by atoms with E-state index in [1.807, 2.05) is 18.2 Å². The van der Waals surface area contributed by atoms with Crippen LogP contribution in [0.5, 0.6) is 0 Å². The van der Waals surface area contributed by atoms with Gasteiger partial charge in [0.2, 0.25) is 0 Å². The molecule has 2 aromatic rings. The quantitative estimate of drug-likeness (QED) is 0.877. The molecule has 0 aliphatic carbocycles. The molecular formula is C19H23ClFN3O. The van der Waals surface area contributed by atoms with E-state index < -0.39 is 0 Å². The van der Waals surface area contributed by atoms with Gasteiger partial charge in [-0.25, -0.2) is 4.39 Å². The molecule has 2 aromatic carbocycles. The number of nitrogens with two attached hydrogens (primary N) is 1. The molecule has 6 heteroatoms. The Balaban J connectivity index is 0.00000225. The maximum atomic E-state index is 13.4. The predicted molar refractivity (Wildman–Crippen MR) is 101 cm³/mol. The van der Waals surface area contributed by atoms with Crippen molar-refractivity contribution in [1.82, 2.24) is 5.32 Å². The van der Waals surface area contributed by atoms with Crippen LogP contribution < -0.4 is 16.0 Å². The fourth-order valence-corrected chi connectivity index (χ4v) is 3.06. The molecule has 1 aliphatic heterocycles. The number of hydrogen-bond donors (Lipinski definition) is 2. The Labute approximate surface area is 153 Å². The summed E-state index contributed by atoms with van der Waals surface area (Å²) in [7, 11) is 0. The average molecular weight is 364 g/mol. The van der Waals surface area contributed by atoms with Gasteiger partial charge in [0.15, 0.2) is 0 Å². The van der Waals surface area contributed by atoms with Crippen LogP contribution in [-0.4, -0.2) is 25.0 Å². The van der Waals surface area contributed by atoms with Crippen LogP contribution in [0.25, 0.3) is 0 Å². The second-order valence-electron chi connectivity index (χ2n) is 6.14. The van der Waals surface area contributed by atoms with Crippen molar-refractivity contribution in [2.45, 2.75) is 25.4 Å². The smallest absolute Gasteiger partial charge is 0.251 e. The number of halogens is 2. The van der Waals surface area contributed by atoms with Gasteiger partial charge in [-0.1, -0.05) is 18.2 Å². The Kier molecular flexibility index (Phi) is 6.79. The molecular weight excluding hydrogens is 341 g/mol. The molecule has 1 atom stereocenters. The van der Waals surface area contributed by atoms with Crippen LogP contribution in [0.2, 0.25) is 0 Å². The van der Waals surface area contributed by atoms with Crippen molar-refractivity contribution < 1.29 is 9.18 Å². The van der Waals surface area contributed by atoms with E-state index in [2.05, 4.69) is 10.2 Å². The number of carbonyl (C=O) groups excluding carboxylic acids is 1. The number of anilines is 1. The molecule has 0 bridgehead atoms. The Morgan fingerprint density at radius 3 is 2.68 bits per heavy atom. The summed E-state index contributed by atoms with van der Waals surface area (Å²) in [6, 6.07) is 14.0. The van der Waals surface area contributed by atoms with Gasteiger partial charge in [-0.15, -0.1) is 12.4 Å². The number of nitrogens with one attached hydrogen (secondary N) is 1. The van der Waals surface area contributed by atoms with E-state index in [1.54, 1.807) is 18.2 Å². The molecule has 0 saturated carbocycles. The zero-order chi connectivity index (χ0) is 16.9. The number of rotatable bonds is 4. The van der Waals surface area contributed by atoms with Crippen LogP contribution in [0.4, 0.5) is 10.1 Å². The Bertz CT molecular complexity index is 708. The van der Waals surface area contributed by atoms with E-state index in [4.69, 9.17) is 5.73 Å². The molecule has 1 aliphatic rings. The molecule has 3 N–H and O–H groups in total. The monoisotopic (exact) mass is 363 g/mol. The SMILES string of the molecule is Cl.NCc1ccc(C(=O)NC2CCCN(c3cccc(F)c3)C2)cc1. The van der Waals surface area contributed by atoms with Crippen molar-refractivity contribution in [2.24, 2.45) is 5.73 Å². The molecule has 3 rings (SSSR count). The third-order valence-electron chi connectivity index (χ3n) is 4.38. The van der Waals surface area contributed by atoms with Crippen LogP contribution in [0.1, 0.15) is 28.8 Å². The summed E-state index contributed by atoms with van der Waals surface area (Å²) in [4.78, 5) is 14.5. The summed E-state index contributed by atoms with van der Waals surface area (Å²) >= 11 is 0. The zero-order valence-electron chi connectivity index (χ0n) is 14.0. The largest absolute Gasteiger partial charge is 0.369 e. The van der Waals surface area contributed by atoms with Crippen molar-refractivity contribution in [3.8, 4) is 0 Å². The fraction of sp³-hybridized carbons (Fsp3) is 0.316. The van der Waals surface area contributed by atoms with Gasteiger partial charge in [0.1, 0.15) is 5.82 Å². The number of nitrogens with zero attached hydrogens (tertiary/aromatic N) is 1. The summed E-state index contributed by atoms with van der Waals surface area (Å²) < 4.78 is 13.4. The van der Waals surface area contributed by atoms with Crippen LogP contribution in [-0.2, 0) is 6.54 Å². The lowest BCUT2D eigenvalue weighted by Crippen LogP contribution is -2.47. The number of benzene rings is 2. The lowest BCUT2D eigenvalue weighted by molar-refractivity contribution is 0.0933. The average Bonchev–Trinajstić information content (AvgIpc) is 2.62. The molecule has 1 heterocycles. The summed E-state index contributed by atoms with van der Waals surface area (Å²) in [6.07, 6.45) is 1.89. The van der Waals surface area contributed by atoms with Gasteiger partial charge >= 0.3 is 0 Å². The zero-order valence-corrected chi connectivity index (χ0v) is 14.8. The van der Waals surface area contributed by atoms with Crippen molar-refractivity contribution in [1.29, 1.82) is 0 Å². The highest BCUT2D eigenvalue weighted by molar-refractivity contribution is 5.94. The second-order valence-corrected chi connectivity index (χ2v) is 6.14. The predicted octanol–water partition coefficient (Wildman–Crippen LogP) is 3.11. The van der Waals surface area contributed by atoms with E-state index in [9.17, 15) is 9.18 Å².